The second-order valence-electron chi connectivity index (χ2n) is 10.5. The van der Waals surface area contributed by atoms with Crippen molar-refractivity contribution in [2.45, 2.75) is 0 Å². The molecular formula is C32H20Na4O16P2. The first-order valence-corrected chi connectivity index (χ1v) is 16.9. The van der Waals surface area contributed by atoms with E-state index in [9.17, 15) is 48.5 Å². The molecule has 22 heteroatoms. The first-order valence-electron chi connectivity index (χ1n) is 14.0. The average Bonchev–Trinajstić information content (AvgIpc) is 3.02. The monoisotopic (exact) mass is 814 g/mol. The van der Waals surface area contributed by atoms with Crippen molar-refractivity contribution in [1.82, 2.24) is 0 Å². The molecule has 0 aliphatic rings. The van der Waals surface area contributed by atoms with E-state index in [-0.39, 0.29) is 163 Å². The van der Waals surface area contributed by atoms with Crippen LogP contribution in [0.5, 0.6) is 34.5 Å². The minimum atomic E-state index is -5.82. The van der Waals surface area contributed by atoms with Gasteiger partial charge in [0.15, 0.2) is 16.4 Å². The number of phenolic OH excluding ortho intramolecular Hbond substituents is 2. The summed E-state index contributed by atoms with van der Waals surface area (Å²) < 4.78 is 54.6. The topological polar surface area (TPSA) is 264 Å². The number of rotatable bonds is 9. The maximum atomic E-state index is 13.4. The van der Waals surface area contributed by atoms with E-state index in [1.807, 2.05) is 0 Å². The van der Waals surface area contributed by atoms with Crippen molar-refractivity contribution < 1.29 is 185 Å². The Labute approximate surface area is 393 Å². The van der Waals surface area contributed by atoms with Crippen LogP contribution < -0.4 is 167 Å². The molecule has 0 unspecified atom stereocenters. The SMILES string of the molecule is COc1ccc(-c2cc(=O)c3c(O)cc(OP(=O)([O-])[O-])c(-c4cc(-c5cc(=O)c6c(O)cc(OP(=O)([O-])[O-])cc6o5)ccc4OC)c3o2)cc1.[Na+].[Na+].[Na+].[Na+]. The molecule has 0 atom stereocenters. The average molecular weight is 814 g/mol. The van der Waals surface area contributed by atoms with E-state index in [0.29, 0.717) is 11.3 Å². The number of aromatic hydroxyl groups is 2. The molecule has 0 aliphatic heterocycles. The van der Waals surface area contributed by atoms with E-state index in [1.54, 1.807) is 24.3 Å². The van der Waals surface area contributed by atoms with Crippen molar-refractivity contribution in [2.24, 2.45) is 0 Å². The number of hydrogen-bond acceptors (Lipinski definition) is 16. The minimum absolute atomic E-state index is 0. The molecule has 0 amide bonds. The van der Waals surface area contributed by atoms with E-state index >= 15 is 0 Å². The Balaban J connectivity index is 0.00000252. The smallest absolute Gasteiger partial charge is 0.780 e. The second kappa shape index (κ2) is 19.2. The second-order valence-corrected chi connectivity index (χ2v) is 12.6. The number of phosphoric acid groups is 2. The van der Waals surface area contributed by atoms with Gasteiger partial charge in [-0.25, -0.2) is 0 Å². The van der Waals surface area contributed by atoms with Gasteiger partial charge >= 0.3 is 118 Å². The summed E-state index contributed by atoms with van der Waals surface area (Å²) in [5.41, 5.74) is -2.36. The summed E-state index contributed by atoms with van der Waals surface area (Å²) in [6, 6.07) is 14.7. The van der Waals surface area contributed by atoms with Crippen LogP contribution >= 0.6 is 15.6 Å². The first kappa shape index (κ1) is 48.5. The van der Waals surface area contributed by atoms with E-state index in [1.165, 1.54) is 32.4 Å². The van der Waals surface area contributed by atoms with Gasteiger partial charge in [-0.1, -0.05) is 0 Å². The van der Waals surface area contributed by atoms with Crippen LogP contribution in [0.4, 0.5) is 0 Å². The van der Waals surface area contributed by atoms with Crippen LogP contribution in [0.25, 0.3) is 55.7 Å². The van der Waals surface area contributed by atoms with Crippen molar-refractivity contribution in [3.63, 3.8) is 0 Å². The van der Waals surface area contributed by atoms with Crippen LogP contribution in [0.1, 0.15) is 0 Å². The third-order valence-electron chi connectivity index (χ3n) is 7.28. The zero-order valence-corrected chi connectivity index (χ0v) is 39.2. The Morgan fingerprint density at radius 3 is 1.72 bits per heavy atom. The molecule has 2 N–H and O–H groups in total. The van der Waals surface area contributed by atoms with Crippen molar-refractivity contribution in [2.75, 3.05) is 14.2 Å². The van der Waals surface area contributed by atoms with E-state index in [4.69, 9.17) is 22.8 Å². The van der Waals surface area contributed by atoms with Crippen LogP contribution in [0.3, 0.4) is 0 Å². The van der Waals surface area contributed by atoms with Gasteiger partial charge in [0.1, 0.15) is 78.0 Å². The van der Waals surface area contributed by atoms with Gasteiger partial charge in [0.25, 0.3) is 0 Å². The fourth-order valence-electron chi connectivity index (χ4n) is 5.26. The number of ether oxygens (including phenoxy) is 2. The molecule has 16 nitrogen and oxygen atoms in total. The maximum absolute atomic E-state index is 13.4. The Hall–Kier alpha value is -1.60. The van der Waals surface area contributed by atoms with Crippen molar-refractivity contribution in [3.05, 3.63) is 93.2 Å². The largest absolute Gasteiger partial charge is 1.00 e. The quantitative estimate of drug-likeness (QED) is 0.101. The molecule has 0 spiro atoms. The summed E-state index contributed by atoms with van der Waals surface area (Å²) in [6.45, 7) is 0. The normalized spacial score (nSPS) is 11.0. The summed E-state index contributed by atoms with van der Waals surface area (Å²) in [7, 11) is -8.69. The van der Waals surface area contributed by atoms with Crippen LogP contribution in [0.2, 0.25) is 0 Å². The summed E-state index contributed by atoms with van der Waals surface area (Å²) in [5.74, 6) is -2.68. The molecular weight excluding hydrogens is 794 g/mol. The minimum Gasteiger partial charge on any atom is -0.780 e. The van der Waals surface area contributed by atoms with Gasteiger partial charge in [-0.05, 0) is 42.5 Å². The Bertz CT molecular complexity index is 2550. The van der Waals surface area contributed by atoms with Gasteiger partial charge in [0.2, 0.25) is 0 Å². The number of benzene rings is 4. The zero-order valence-electron chi connectivity index (χ0n) is 29.4. The molecule has 54 heavy (non-hydrogen) atoms. The molecule has 2 heterocycles. The number of phenols is 2. The van der Waals surface area contributed by atoms with Crippen LogP contribution in [0.15, 0.2) is 91.2 Å². The summed E-state index contributed by atoms with van der Waals surface area (Å²) in [4.78, 5) is 72.6. The van der Waals surface area contributed by atoms with Crippen LogP contribution in [-0.2, 0) is 9.13 Å². The molecule has 258 valence electrons. The van der Waals surface area contributed by atoms with Crippen molar-refractivity contribution in [3.8, 4) is 68.3 Å². The number of hydrogen-bond donors (Lipinski definition) is 2. The third kappa shape index (κ3) is 10.7. The van der Waals surface area contributed by atoms with Gasteiger partial charge in [0, 0.05) is 47.0 Å². The standard InChI is InChI=1S/C32H24O16P2.4Na/c1-43-17-6-3-15(4-7-17)25-13-22(35)31-23(36)14-28(48-50(40,41)42)29(32(31)46-25)19-9-16(5-8-24(19)44-2)26-12-21(34)30-20(33)10-18(11-27(30)45-26)47-49(37,38)39;;;;/h3-14,33,36H,1-2H3,(H2,37,38,39)(H2,40,41,42);;;;/q;4*+1/p-4. The van der Waals surface area contributed by atoms with Gasteiger partial charge in [-0.3, -0.25) is 9.59 Å². The number of fused-ring (bicyclic) bond motifs is 2. The van der Waals surface area contributed by atoms with E-state index < -0.39 is 60.5 Å². The van der Waals surface area contributed by atoms with Gasteiger partial charge < -0.3 is 66.3 Å². The number of methoxy groups -OCH3 is 2. The summed E-state index contributed by atoms with van der Waals surface area (Å²) >= 11 is 0. The predicted molar refractivity (Wildman–Crippen MR) is 168 cm³/mol. The van der Waals surface area contributed by atoms with E-state index in [0.717, 1.165) is 30.3 Å². The predicted octanol–water partition coefficient (Wildman–Crippen LogP) is -9.24. The van der Waals surface area contributed by atoms with Crippen molar-refractivity contribution in [1.29, 1.82) is 0 Å². The van der Waals surface area contributed by atoms with Gasteiger partial charge in [0.05, 0.1) is 19.8 Å². The van der Waals surface area contributed by atoms with E-state index in [2.05, 4.69) is 4.52 Å². The molecule has 0 aliphatic carbocycles. The Morgan fingerprint density at radius 1 is 0.593 bits per heavy atom. The molecule has 6 aromatic rings. The third-order valence-corrected chi connectivity index (χ3v) is 8.14. The van der Waals surface area contributed by atoms with Crippen molar-refractivity contribution >= 4 is 37.6 Å². The molecule has 4 aromatic carbocycles. The molecule has 6 rings (SSSR count). The summed E-state index contributed by atoms with van der Waals surface area (Å²) in [5, 5.41) is 20.4. The fraction of sp³-hybridized carbons (Fsp3) is 0.0625. The molecule has 2 aromatic heterocycles. The van der Waals surface area contributed by atoms with Crippen LogP contribution in [-0.4, -0.2) is 24.4 Å². The molecule has 0 radical (unpaired) electrons. The molecule has 0 bridgehead atoms. The zero-order chi connectivity index (χ0) is 36.1. The Kier molecular flexibility index (Phi) is 17.3. The van der Waals surface area contributed by atoms with Gasteiger partial charge in [-0.15, -0.1) is 0 Å². The Morgan fingerprint density at radius 2 is 1.15 bits per heavy atom. The first-order chi connectivity index (χ1) is 23.5. The maximum Gasteiger partial charge on any atom is 1.00 e. The van der Waals surface area contributed by atoms with Gasteiger partial charge in [-0.2, -0.15) is 0 Å². The number of phosphoric ester groups is 2. The fourth-order valence-corrected chi connectivity index (χ4v) is 6.01. The van der Waals surface area contributed by atoms with Crippen LogP contribution in [0, 0.1) is 0 Å². The molecule has 0 fully saturated rings. The molecule has 0 saturated heterocycles. The summed E-state index contributed by atoms with van der Waals surface area (Å²) in [6.07, 6.45) is 0. The molecule has 0 saturated carbocycles.